The highest BCUT2D eigenvalue weighted by molar-refractivity contribution is 5.12. The van der Waals surface area contributed by atoms with Gasteiger partial charge in [0.1, 0.15) is 0 Å². The lowest BCUT2D eigenvalue weighted by Crippen LogP contribution is -2.20. The molecule has 2 aliphatic carbocycles. The monoisotopic (exact) mass is 152 g/mol. The van der Waals surface area contributed by atoms with Crippen molar-refractivity contribution in [1.82, 2.24) is 0 Å². The van der Waals surface area contributed by atoms with Crippen LogP contribution in [-0.4, -0.2) is 0 Å². The minimum absolute atomic E-state index is 0.645. The van der Waals surface area contributed by atoms with Crippen molar-refractivity contribution >= 4 is 0 Å². The normalized spacial score (nSPS) is 44.7. The van der Waals surface area contributed by atoms with Crippen LogP contribution in [0.15, 0.2) is 0 Å². The van der Waals surface area contributed by atoms with Crippen molar-refractivity contribution < 1.29 is 0 Å². The van der Waals surface area contributed by atoms with Crippen LogP contribution in [0.1, 0.15) is 47.0 Å². The summed E-state index contributed by atoms with van der Waals surface area (Å²) in [4.78, 5) is 0. The van der Waals surface area contributed by atoms with E-state index in [0.29, 0.717) is 10.8 Å². The van der Waals surface area contributed by atoms with E-state index in [9.17, 15) is 0 Å². The van der Waals surface area contributed by atoms with E-state index in [1.54, 1.807) is 0 Å². The molecule has 2 unspecified atom stereocenters. The van der Waals surface area contributed by atoms with E-state index >= 15 is 0 Å². The minimum Gasteiger partial charge on any atom is -0.0596 e. The number of hydrogen-bond acceptors (Lipinski definition) is 0. The SMILES string of the molecule is CC1(C)CCCC2C1C2(C)C. The third-order valence-electron chi connectivity index (χ3n) is 4.23. The second kappa shape index (κ2) is 1.84. The van der Waals surface area contributed by atoms with Crippen LogP contribution >= 0.6 is 0 Å². The fourth-order valence-corrected chi connectivity index (χ4v) is 3.77. The van der Waals surface area contributed by atoms with Gasteiger partial charge in [-0.3, -0.25) is 0 Å². The first-order valence-corrected chi connectivity index (χ1v) is 4.96. The largest absolute Gasteiger partial charge is 0.0596 e. The first kappa shape index (κ1) is 7.64. The quantitative estimate of drug-likeness (QED) is 0.498. The number of rotatable bonds is 0. The van der Waals surface area contributed by atoms with Crippen LogP contribution in [0.2, 0.25) is 0 Å². The summed E-state index contributed by atoms with van der Waals surface area (Å²) < 4.78 is 0. The fraction of sp³-hybridized carbons (Fsp3) is 1.00. The van der Waals surface area contributed by atoms with Gasteiger partial charge in [0, 0.05) is 0 Å². The Morgan fingerprint density at radius 1 is 1.09 bits per heavy atom. The van der Waals surface area contributed by atoms with Gasteiger partial charge in [-0.15, -0.1) is 0 Å². The summed E-state index contributed by atoms with van der Waals surface area (Å²) in [6, 6.07) is 0. The average molecular weight is 152 g/mol. The highest BCUT2D eigenvalue weighted by Gasteiger charge is 2.64. The van der Waals surface area contributed by atoms with Crippen LogP contribution in [0.3, 0.4) is 0 Å². The molecule has 0 aliphatic heterocycles. The Labute approximate surface area is 70.4 Å². The number of fused-ring (bicyclic) bond motifs is 1. The Balaban J connectivity index is 2.20. The summed E-state index contributed by atoms with van der Waals surface area (Å²) in [5.74, 6) is 2.09. The van der Waals surface area contributed by atoms with Crippen molar-refractivity contribution in [2.24, 2.45) is 22.7 Å². The Morgan fingerprint density at radius 3 is 2.18 bits per heavy atom. The van der Waals surface area contributed by atoms with E-state index in [4.69, 9.17) is 0 Å². The van der Waals surface area contributed by atoms with Gasteiger partial charge in [-0.05, 0) is 35.5 Å². The van der Waals surface area contributed by atoms with E-state index in [0.717, 1.165) is 11.8 Å². The molecule has 2 atom stereocenters. The van der Waals surface area contributed by atoms with Crippen molar-refractivity contribution in [2.45, 2.75) is 47.0 Å². The zero-order valence-electron chi connectivity index (χ0n) is 8.28. The van der Waals surface area contributed by atoms with Gasteiger partial charge in [0.15, 0.2) is 0 Å². The minimum atomic E-state index is 0.645. The molecule has 0 aromatic rings. The standard InChI is InChI=1S/C11H20/c1-10(2)7-5-6-8-9(10)11(8,3)4/h8-9H,5-7H2,1-4H3. The molecule has 0 nitrogen and oxygen atoms in total. The van der Waals surface area contributed by atoms with Gasteiger partial charge in [-0.2, -0.15) is 0 Å². The molecular formula is C11H20. The molecule has 64 valence electrons. The van der Waals surface area contributed by atoms with Crippen molar-refractivity contribution in [3.8, 4) is 0 Å². The molecule has 2 saturated carbocycles. The summed E-state index contributed by atoms with van der Waals surface area (Å²) in [6.45, 7) is 9.82. The maximum absolute atomic E-state index is 2.46. The smallest absolute Gasteiger partial charge is 0.0275 e. The van der Waals surface area contributed by atoms with Crippen molar-refractivity contribution in [2.75, 3.05) is 0 Å². The molecule has 0 saturated heterocycles. The van der Waals surface area contributed by atoms with Crippen molar-refractivity contribution in [3.05, 3.63) is 0 Å². The van der Waals surface area contributed by atoms with E-state index in [-0.39, 0.29) is 0 Å². The average Bonchev–Trinajstić information content (AvgIpc) is 2.35. The van der Waals surface area contributed by atoms with Crippen LogP contribution in [0.5, 0.6) is 0 Å². The van der Waals surface area contributed by atoms with Gasteiger partial charge in [0.05, 0.1) is 0 Å². The number of hydrogen-bond donors (Lipinski definition) is 0. The summed E-state index contributed by atoms with van der Waals surface area (Å²) in [7, 11) is 0. The molecule has 0 heteroatoms. The maximum Gasteiger partial charge on any atom is -0.0275 e. The topological polar surface area (TPSA) is 0 Å². The van der Waals surface area contributed by atoms with E-state index in [1.165, 1.54) is 19.3 Å². The van der Waals surface area contributed by atoms with Crippen LogP contribution < -0.4 is 0 Å². The molecule has 0 bridgehead atoms. The second-order valence-corrected chi connectivity index (χ2v) is 5.79. The van der Waals surface area contributed by atoms with Crippen LogP contribution in [-0.2, 0) is 0 Å². The lowest BCUT2D eigenvalue weighted by molar-refractivity contribution is 0.210. The molecule has 2 fully saturated rings. The summed E-state index contributed by atoms with van der Waals surface area (Å²) in [5.41, 5.74) is 1.33. The van der Waals surface area contributed by atoms with E-state index in [1.807, 2.05) is 0 Å². The zero-order valence-corrected chi connectivity index (χ0v) is 8.28. The van der Waals surface area contributed by atoms with Crippen LogP contribution in [0, 0.1) is 22.7 Å². The Bertz CT molecular complexity index is 176. The van der Waals surface area contributed by atoms with Gasteiger partial charge in [0.25, 0.3) is 0 Å². The molecule has 0 amide bonds. The molecule has 0 N–H and O–H groups in total. The van der Waals surface area contributed by atoms with Crippen LogP contribution in [0.25, 0.3) is 0 Å². The third kappa shape index (κ3) is 0.878. The van der Waals surface area contributed by atoms with E-state index in [2.05, 4.69) is 27.7 Å². The summed E-state index contributed by atoms with van der Waals surface area (Å²) in [5, 5.41) is 0. The van der Waals surface area contributed by atoms with E-state index < -0.39 is 0 Å². The molecule has 0 aromatic heterocycles. The maximum atomic E-state index is 2.46. The van der Waals surface area contributed by atoms with Gasteiger partial charge in [0.2, 0.25) is 0 Å². The van der Waals surface area contributed by atoms with Crippen LogP contribution in [0.4, 0.5) is 0 Å². The molecule has 0 spiro atoms. The van der Waals surface area contributed by atoms with Gasteiger partial charge in [-0.25, -0.2) is 0 Å². The second-order valence-electron chi connectivity index (χ2n) is 5.79. The van der Waals surface area contributed by atoms with Gasteiger partial charge >= 0.3 is 0 Å². The molecule has 11 heavy (non-hydrogen) atoms. The van der Waals surface area contributed by atoms with Gasteiger partial charge in [-0.1, -0.05) is 34.1 Å². The molecular weight excluding hydrogens is 132 g/mol. The lowest BCUT2D eigenvalue weighted by atomic mass is 9.76. The van der Waals surface area contributed by atoms with Crippen molar-refractivity contribution in [3.63, 3.8) is 0 Å². The Hall–Kier alpha value is 0. The molecule has 2 rings (SSSR count). The fourth-order valence-electron chi connectivity index (χ4n) is 3.77. The molecule has 0 aromatic carbocycles. The summed E-state index contributed by atoms with van der Waals surface area (Å²) >= 11 is 0. The first-order valence-electron chi connectivity index (χ1n) is 4.96. The Kier molecular flexibility index (Phi) is 1.28. The predicted octanol–water partition coefficient (Wildman–Crippen LogP) is 3.47. The highest BCUT2D eigenvalue weighted by Crippen LogP contribution is 2.70. The molecule has 0 heterocycles. The zero-order chi connectivity index (χ0) is 8.28. The Morgan fingerprint density at radius 2 is 1.73 bits per heavy atom. The first-order chi connectivity index (χ1) is 4.96. The predicted molar refractivity (Wildman–Crippen MR) is 48.4 cm³/mol. The summed E-state index contributed by atoms with van der Waals surface area (Å²) in [6.07, 6.45) is 4.43. The molecule has 0 radical (unpaired) electrons. The van der Waals surface area contributed by atoms with Gasteiger partial charge < -0.3 is 0 Å². The highest BCUT2D eigenvalue weighted by atomic mass is 14.7. The lowest BCUT2D eigenvalue weighted by Gasteiger charge is -2.29. The molecule has 2 aliphatic rings. The van der Waals surface area contributed by atoms with Crippen molar-refractivity contribution in [1.29, 1.82) is 0 Å². The third-order valence-corrected chi connectivity index (χ3v) is 4.23.